The van der Waals surface area contributed by atoms with Gasteiger partial charge < -0.3 is 19.3 Å². The summed E-state index contributed by atoms with van der Waals surface area (Å²) in [6.07, 6.45) is 1.70. The van der Waals surface area contributed by atoms with Gasteiger partial charge in [0, 0.05) is 39.3 Å². The predicted octanol–water partition coefficient (Wildman–Crippen LogP) is 4.65. The number of ketones is 1. The average molecular weight is 501 g/mol. The Labute approximate surface area is 217 Å². The molecule has 37 heavy (non-hydrogen) atoms. The SMILES string of the molecule is COc1ccc(/C=C2\Oc3c(CN4CCN(Cc5ccccc5)CC4)c(O)cc(C)c3C2=O)cc1OC. The number of allylic oxidation sites excluding steroid dienone is 1. The summed E-state index contributed by atoms with van der Waals surface area (Å²) >= 11 is 0. The van der Waals surface area contributed by atoms with Crippen molar-refractivity contribution < 1.29 is 24.1 Å². The molecule has 0 spiro atoms. The predicted molar refractivity (Wildman–Crippen MR) is 142 cm³/mol. The van der Waals surface area contributed by atoms with Gasteiger partial charge in [0.1, 0.15) is 11.5 Å². The number of Topliss-reactive ketones (excluding diaryl/α,β-unsaturated/α-hetero) is 1. The van der Waals surface area contributed by atoms with E-state index in [2.05, 4.69) is 34.1 Å². The van der Waals surface area contributed by atoms with Crippen LogP contribution in [-0.2, 0) is 13.1 Å². The Kier molecular flexibility index (Phi) is 7.17. The molecule has 0 amide bonds. The topological polar surface area (TPSA) is 71.5 Å². The number of piperazine rings is 1. The molecule has 0 bridgehead atoms. The minimum absolute atomic E-state index is 0.156. The number of rotatable bonds is 7. The molecule has 0 aromatic heterocycles. The van der Waals surface area contributed by atoms with Crippen LogP contribution in [0.3, 0.4) is 0 Å². The summed E-state index contributed by atoms with van der Waals surface area (Å²) < 4.78 is 16.8. The quantitative estimate of drug-likeness (QED) is 0.474. The van der Waals surface area contributed by atoms with Crippen molar-refractivity contribution in [2.75, 3.05) is 40.4 Å². The van der Waals surface area contributed by atoms with Crippen molar-refractivity contribution in [2.24, 2.45) is 0 Å². The summed E-state index contributed by atoms with van der Waals surface area (Å²) in [7, 11) is 3.15. The van der Waals surface area contributed by atoms with Crippen LogP contribution in [0.2, 0.25) is 0 Å². The highest BCUT2D eigenvalue weighted by Gasteiger charge is 2.34. The normalized spacial score (nSPS) is 17.1. The highest BCUT2D eigenvalue weighted by Crippen LogP contribution is 2.42. The first kappa shape index (κ1) is 24.9. The maximum atomic E-state index is 13.3. The molecule has 3 aromatic carbocycles. The lowest BCUT2D eigenvalue weighted by atomic mass is 9.99. The van der Waals surface area contributed by atoms with E-state index in [0.717, 1.165) is 38.3 Å². The second kappa shape index (κ2) is 10.7. The van der Waals surface area contributed by atoms with Crippen LogP contribution in [-0.4, -0.2) is 61.1 Å². The zero-order valence-corrected chi connectivity index (χ0v) is 21.5. The molecule has 0 atom stereocenters. The lowest BCUT2D eigenvalue weighted by Gasteiger charge is -2.35. The number of hydrogen-bond acceptors (Lipinski definition) is 7. The van der Waals surface area contributed by atoms with E-state index in [1.807, 2.05) is 19.1 Å². The fourth-order valence-electron chi connectivity index (χ4n) is 5.00. The van der Waals surface area contributed by atoms with Gasteiger partial charge in [-0.25, -0.2) is 0 Å². The second-order valence-corrected chi connectivity index (χ2v) is 9.49. The molecule has 0 radical (unpaired) electrons. The number of aromatic hydroxyl groups is 1. The molecule has 0 saturated carbocycles. The minimum Gasteiger partial charge on any atom is -0.507 e. The van der Waals surface area contributed by atoms with Crippen LogP contribution in [0.5, 0.6) is 23.0 Å². The minimum atomic E-state index is -0.184. The van der Waals surface area contributed by atoms with Gasteiger partial charge in [0.15, 0.2) is 17.3 Å². The molecular formula is C30H32N2O5. The van der Waals surface area contributed by atoms with Crippen LogP contribution in [0.4, 0.5) is 0 Å². The van der Waals surface area contributed by atoms with Crippen molar-refractivity contribution in [3.05, 3.63) is 88.2 Å². The number of methoxy groups -OCH3 is 2. The van der Waals surface area contributed by atoms with Crippen molar-refractivity contribution in [1.82, 2.24) is 9.80 Å². The fraction of sp³-hybridized carbons (Fsp3) is 0.300. The van der Waals surface area contributed by atoms with Crippen LogP contribution >= 0.6 is 0 Å². The number of fused-ring (bicyclic) bond motifs is 1. The van der Waals surface area contributed by atoms with E-state index in [4.69, 9.17) is 14.2 Å². The number of phenolic OH excluding ortho intramolecular Hbond substituents is 1. The van der Waals surface area contributed by atoms with E-state index in [1.54, 1.807) is 38.5 Å². The van der Waals surface area contributed by atoms with Gasteiger partial charge in [0.25, 0.3) is 0 Å². The van der Waals surface area contributed by atoms with E-state index in [9.17, 15) is 9.90 Å². The van der Waals surface area contributed by atoms with Gasteiger partial charge in [-0.15, -0.1) is 0 Å². The Morgan fingerprint density at radius 3 is 2.27 bits per heavy atom. The van der Waals surface area contributed by atoms with Gasteiger partial charge in [0.2, 0.25) is 5.78 Å². The first-order chi connectivity index (χ1) is 18.0. The van der Waals surface area contributed by atoms with Crippen LogP contribution in [0, 0.1) is 6.92 Å². The fourth-order valence-corrected chi connectivity index (χ4v) is 5.00. The van der Waals surface area contributed by atoms with Crippen LogP contribution < -0.4 is 14.2 Å². The summed E-state index contributed by atoms with van der Waals surface area (Å²) in [5.41, 5.74) is 3.94. The molecule has 2 aliphatic heterocycles. The number of phenols is 1. The van der Waals surface area contributed by atoms with E-state index < -0.39 is 0 Å². The van der Waals surface area contributed by atoms with Gasteiger partial charge >= 0.3 is 0 Å². The monoisotopic (exact) mass is 500 g/mol. The van der Waals surface area contributed by atoms with Crippen molar-refractivity contribution in [2.45, 2.75) is 20.0 Å². The smallest absolute Gasteiger partial charge is 0.232 e. The first-order valence-corrected chi connectivity index (χ1v) is 12.5. The summed E-state index contributed by atoms with van der Waals surface area (Å²) in [6.45, 7) is 6.90. The maximum absolute atomic E-state index is 13.3. The Morgan fingerprint density at radius 1 is 0.919 bits per heavy atom. The Bertz CT molecular complexity index is 1330. The van der Waals surface area contributed by atoms with Crippen molar-refractivity contribution in [3.63, 3.8) is 0 Å². The third-order valence-electron chi connectivity index (χ3n) is 7.02. The first-order valence-electron chi connectivity index (χ1n) is 12.5. The molecule has 2 heterocycles. The highest BCUT2D eigenvalue weighted by atomic mass is 16.5. The van der Waals surface area contributed by atoms with Crippen LogP contribution in [0.15, 0.2) is 60.4 Å². The molecule has 1 fully saturated rings. The summed E-state index contributed by atoms with van der Waals surface area (Å²) in [4.78, 5) is 18.1. The molecule has 1 saturated heterocycles. The third kappa shape index (κ3) is 5.19. The van der Waals surface area contributed by atoms with Crippen LogP contribution in [0.25, 0.3) is 6.08 Å². The zero-order chi connectivity index (χ0) is 25.9. The van der Waals surface area contributed by atoms with Gasteiger partial charge in [-0.05, 0) is 47.9 Å². The third-order valence-corrected chi connectivity index (χ3v) is 7.02. The number of nitrogens with zero attached hydrogens (tertiary/aromatic N) is 2. The molecular weight excluding hydrogens is 468 g/mol. The average Bonchev–Trinajstić information content (AvgIpc) is 3.24. The summed E-state index contributed by atoms with van der Waals surface area (Å²) in [5, 5.41) is 10.8. The van der Waals surface area contributed by atoms with Crippen molar-refractivity contribution >= 4 is 11.9 Å². The van der Waals surface area contributed by atoms with E-state index in [1.165, 1.54) is 5.56 Å². The van der Waals surface area contributed by atoms with Gasteiger partial charge in [-0.1, -0.05) is 36.4 Å². The molecule has 7 heteroatoms. The van der Waals surface area contributed by atoms with Crippen molar-refractivity contribution in [3.8, 4) is 23.0 Å². The molecule has 1 N–H and O–H groups in total. The Hall–Kier alpha value is -3.81. The van der Waals surface area contributed by atoms with Crippen LogP contribution in [0.1, 0.15) is 32.6 Å². The molecule has 0 unspecified atom stereocenters. The number of benzene rings is 3. The molecule has 5 rings (SSSR count). The molecule has 0 aliphatic carbocycles. The standard InChI is InChI=1S/C30H32N2O5/c1-20-15-24(33)23(19-32-13-11-31(12-14-32)18-21-7-5-4-6-8-21)30-28(20)29(34)27(37-30)17-22-9-10-25(35-2)26(16-22)36-3/h4-10,15-17,33H,11-14,18-19H2,1-3H3/b27-17-. The Morgan fingerprint density at radius 2 is 1.59 bits per heavy atom. The molecule has 3 aromatic rings. The number of carbonyl (C=O) groups excluding carboxylic acids is 1. The number of ether oxygens (including phenoxy) is 3. The van der Waals surface area contributed by atoms with E-state index >= 15 is 0 Å². The van der Waals surface area contributed by atoms with Gasteiger partial charge in [-0.3, -0.25) is 14.6 Å². The highest BCUT2D eigenvalue weighted by molar-refractivity contribution is 6.15. The maximum Gasteiger partial charge on any atom is 0.232 e. The second-order valence-electron chi connectivity index (χ2n) is 9.49. The summed E-state index contributed by atoms with van der Waals surface area (Å²) in [6, 6.07) is 17.6. The lowest BCUT2D eigenvalue weighted by molar-refractivity contribution is 0.101. The van der Waals surface area contributed by atoms with Gasteiger partial charge in [0.05, 0.1) is 25.3 Å². The number of carbonyl (C=O) groups is 1. The van der Waals surface area contributed by atoms with Crippen molar-refractivity contribution in [1.29, 1.82) is 0 Å². The molecule has 7 nitrogen and oxygen atoms in total. The largest absolute Gasteiger partial charge is 0.507 e. The molecule has 192 valence electrons. The van der Waals surface area contributed by atoms with E-state index in [-0.39, 0.29) is 17.3 Å². The number of hydrogen-bond donors (Lipinski definition) is 1. The summed E-state index contributed by atoms with van der Waals surface area (Å²) in [5.74, 6) is 1.84. The van der Waals surface area contributed by atoms with E-state index in [0.29, 0.717) is 40.5 Å². The Balaban J connectivity index is 1.33. The zero-order valence-electron chi connectivity index (χ0n) is 21.5. The number of aryl methyl sites for hydroxylation is 1. The lowest BCUT2D eigenvalue weighted by Crippen LogP contribution is -2.45. The van der Waals surface area contributed by atoms with Gasteiger partial charge in [-0.2, -0.15) is 0 Å². The molecule has 2 aliphatic rings.